The van der Waals surface area contributed by atoms with Crippen LogP contribution in [-0.2, 0) is 28.6 Å². The van der Waals surface area contributed by atoms with Gasteiger partial charge >= 0.3 is 17.9 Å². The van der Waals surface area contributed by atoms with Gasteiger partial charge in [-0.25, -0.2) is 0 Å². The summed E-state index contributed by atoms with van der Waals surface area (Å²) in [6, 6.07) is 0. The van der Waals surface area contributed by atoms with E-state index in [0.29, 0.717) is 19.3 Å². The summed E-state index contributed by atoms with van der Waals surface area (Å²) in [5, 5.41) is 0. The smallest absolute Gasteiger partial charge is 0.306 e. The zero-order valence-corrected chi connectivity index (χ0v) is 37.2. The van der Waals surface area contributed by atoms with E-state index in [2.05, 4.69) is 57.2 Å². The lowest BCUT2D eigenvalue weighted by Crippen LogP contribution is -2.30. The minimum absolute atomic E-state index is 0.0819. The first kappa shape index (κ1) is 53.6. The van der Waals surface area contributed by atoms with Crippen molar-refractivity contribution >= 4 is 17.9 Å². The number of hydrogen-bond acceptors (Lipinski definition) is 6. The van der Waals surface area contributed by atoms with Gasteiger partial charge in [0.15, 0.2) is 6.10 Å². The van der Waals surface area contributed by atoms with Crippen molar-refractivity contribution in [3.05, 3.63) is 36.5 Å². The average Bonchev–Trinajstić information content (AvgIpc) is 3.19. The number of ether oxygens (including phenoxy) is 3. The minimum atomic E-state index is -0.781. The van der Waals surface area contributed by atoms with Crippen LogP contribution in [0.5, 0.6) is 0 Å². The molecule has 0 rings (SSSR count). The molecule has 0 aromatic carbocycles. The van der Waals surface area contributed by atoms with Gasteiger partial charge in [0, 0.05) is 19.3 Å². The number of carbonyl (C=O) groups excluding carboxylic acids is 3. The topological polar surface area (TPSA) is 78.9 Å². The Balaban J connectivity index is 4.39. The van der Waals surface area contributed by atoms with Gasteiger partial charge in [-0.2, -0.15) is 0 Å². The summed E-state index contributed by atoms with van der Waals surface area (Å²) >= 11 is 0. The molecule has 0 aliphatic heterocycles. The molecule has 1 atom stereocenters. The van der Waals surface area contributed by atoms with E-state index in [0.717, 1.165) is 83.5 Å². The Kier molecular flexibility index (Phi) is 43.4. The molecular formula is C50H90O6. The van der Waals surface area contributed by atoms with Crippen molar-refractivity contribution in [2.75, 3.05) is 13.2 Å². The zero-order valence-electron chi connectivity index (χ0n) is 37.2. The van der Waals surface area contributed by atoms with Crippen LogP contribution in [0.15, 0.2) is 36.5 Å². The van der Waals surface area contributed by atoms with Crippen LogP contribution in [-0.4, -0.2) is 37.2 Å². The van der Waals surface area contributed by atoms with E-state index < -0.39 is 6.10 Å². The van der Waals surface area contributed by atoms with Gasteiger partial charge in [0.25, 0.3) is 0 Å². The molecule has 0 aliphatic carbocycles. The molecule has 0 amide bonds. The first-order valence-electron chi connectivity index (χ1n) is 24.0. The second-order valence-electron chi connectivity index (χ2n) is 16.0. The number of allylic oxidation sites excluding steroid dienone is 6. The quantitative estimate of drug-likeness (QED) is 0.0201. The first-order valence-corrected chi connectivity index (χ1v) is 24.0. The molecule has 0 bridgehead atoms. The summed E-state index contributed by atoms with van der Waals surface area (Å²) in [4.78, 5) is 37.7. The molecular weight excluding hydrogens is 697 g/mol. The summed E-state index contributed by atoms with van der Waals surface area (Å²) in [5.74, 6) is -0.916. The molecule has 0 aromatic rings. The van der Waals surface area contributed by atoms with Crippen molar-refractivity contribution in [1.82, 2.24) is 0 Å². The van der Waals surface area contributed by atoms with Gasteiger partial charge in [0.1, 0.15) is 13.2 Å². The number of rotatable bonds is 43. The molecule has 0 spiro atoms. The van der Waals surface area contributed by atoms with Crippen molar-refractivity contribution < 1.29 is 28.6 Å². The highest BCUT2D eigenvalue weighted by Crippen LogP contribution is 2.14. The molecule has 326 valence electrons. The Morgan fingerprint density at radius 1 is 0.357 bits per heavy atom. The van der Waals surface area contributed by atoms with Gasteiger partial charge in [-0.15, -0.1) is 0 Å². The summed E-state index contributed by atoms with van der Waals surface area (Å²) in [5.41, 5.74) is 0. The highest BCUT2D eigenvalue weighted by molar-refractivity contribution is 5.71. The van der Waals surface area contributed by atoms with Crippen LogP contribution in [0.1, 0.15) is 245 Å². The maximum atomic E-state index is 12.7. The third kappa shape index (κ3) is 42.8. The van der Waals surface area contributed by atoms with Crippen molar-refractivity contribution in [3.8, 4) is 0 Å². The fraction of sp³-hybridized carbons (Fsp3) is 0.820. The van der Waals surface area contributed by atoms with Gasteiger partial charge in [0.05, 0.1) is 0 Å². The molecule has 0 fully saturated rings. The Morgan fingerprint density at radius 2 is 0.661 bits per heavy atom. The molecule has 56 heavy (non-hydrogen) atoms. The van der Waals surface area contributed by atoms with Crippen LogP contribution >= 0.6 is 0 Å². The Labute approximate surface area is 346 Å². The Bertz CT molecular complexity index is 953. The molecule has 0 aliphatic rings. The fourth-order valence-corrected chi connectivity index (χ4v) is 6.71. The van der Waals surface area contributed by atoms with Crippen LogP contribution in [0, 0.1) is 0 Å². The predicted molar refractivity (Wildman–Crippen MR) is 238 cm³/mol. The fourth-order valence-electron chi connectivity index (χ4n) is 6.71. The molecule has 0 saturated carbocycles. The third-order valence-corrected chi connectivity index (χ3v) is 10.4. The number of esters is 3. The van der Waals surface area contributed by atoms with Crippen molar-refractivity contribution in [2.24, 2.45) is 0 Å². The summed E-state index contributed by atoms with van der Waals surface area (Å²) in [6.45, 7) is 6.56. The second-order valence-corrected chi connectivity index (χ2v) is 16.0. The predicted octanol–water partition coefficient (Wildman–Crippen LogP) is 15.4. The van der Waals surface area contributed by atoms with Gasteiger partial charge in [-0.3, -0.25) is 14.4 Å². The summed E-state index contributed by atoms with van der Waals surface area (Å²) in [7, 11) is 0. The monoisotopic (exact) mass is 787 g/mol. The lowest BCUT2D eigenvalue weighted by Gasteiger charge is -2.18. The number of hydrogen-bond donors (Lipinski definition) is 0. The van der Waals surface area contributed by atoms with Crippen LogP contribution in [0.3, 0.4) is 0 Å². The van der Waals surface area contributed by atoms with E-state index in [4.69, 9.17) is 14.2 Å². The maximum Gasteiger partial charge on any atom is 0.306 e. The summed E-state index contributed by atoms with van der Waals surface area (Å²) < 4.78 is 16.7. The van der Waals surface area contributed by atoms with Crippen LogP contribution in [0.2, 0.25) is 0 Å². The normalized spacial score (nSPS) is 12.3. The average molecular weight is 787 g/mol. The minimum Gasteiger partial charge on any atom is -0.462 e. The van der Waals surface area contributed by atoms with E-state index >= 15 is 0 Å². The number of unbranched alkanes of at least 4 members (excludes halogenated alkanes) is 27. The molecule has 0 radical (unpaired) electrons. The third-order valence-electron chi connectivity index (χ3n) is 10.4. The van der Waals surface area contributed by atoms with Crippen molar-refractivity contribution in [3.63, 3.8) is 0 Å². The largest absolute Gasteiger partial charge is 0.462 e. The van der Waals surface area contributed by atoms with Crippen molar-refractivity contribution in [1.29, 1.82) is 0 Å². The molecule has 0 saturated heterocycles. The lowest BCUT2D eigenvalue weighted by molar-refractivity contribution is -0.167. The zero-order chi connectivity index (χ0) is 40.8. The van der Waals surface area contributed by atoms with Crippen molar-refractivity contribution in [2.45, 2.75) is 252 Å². The molecule has 0 aromatic heterocycles. The van der Waals surface area contributed by atoms with E-state index in [1.165, 1.54) is 122 Å². The molecule has 0 heterocycles. The van der Waals surface area contributed by atoms with Crippen LogP contribution < -0.4 is 0 Å². The van der Waals surface area contributed by atoms with Gasteiger partial charge in [-0.05, 0) is 64.2 Å². The molecule has 1 unspecified atom stereocenters. The van der Waals surface area contributed by atoms with Crippen LogP contribution in [0.4, 0.5) is 0 Å². The molecule has 6 heteroatoms. The van der Waals surface area contributed by atoms with Crippen LogP contribution in [0.25, 0.3) is 0 Å². The SMILES string of the molecule is CCCC/C=C\CCCCCCCC(=O)OC(COC(=O)CCCCC/C=C\C=C/CCCCCCCCC)COC(=O)CCCCCCCCCCCCC. The maximum absolute atomic E-state index is 12.7. The summed E-state index contributed by atoms with van der Waals surface area (Å²) in [6.07, 6.45) is 51.3. The first-order chi connectivity index (χ1) is 27.5. The Morgan fingerprint density at radius 3 is 1.07 bits per heavy atom. The van der Waals surface area contributed by atoms with E-state index in [1.807, 2.05) is 0 Å². The lowest BCUT2D eigenvalue weighted by atomic mass is 10.1. The second kappa shape index (κ2) is 45.3. The van der Waals surface area contributed by atoms with Gasteiger partial charge in [0.2, 0.25) is 0 Å². The van der Waals surface area contributed by atoms with E-state index in [-0.39, 0.29) is 31.1 Å². The van der Waals surface area contributed by atoms with Gasteiger partial charge < -0.3 is 14.2 Å². The molecule has 0 N–H and O–H groups in total. The van der Waals surface area contributed by atoms with E-state index in [9.17, 15) is 14.4 Å². The highest BCUT2D eigenvalue weighted by Gasteiger charge is 2.19. The molecule has 6 nitrogen and oxygen atoms in total. The standard InChI is InChI=1S/C50H90O6/c1-4-7-10-13-16-19-22-23-24-25-26-29-31-34-37-40-43-49(52)55-46-47(56-50(53)44-41-38-35-32-28-21-18-15-12-9-6-3)45-54-48(51)42-39-36-33-30-27-20-17-14-11-8-5-2/h15,18,24-26,29,47H,4-14,16-17,19-23,27-28,30-46H2,1-3H3/b18-15-,25-24-,29-26-. The Hall–Kier alpha value is -2.37. The van der Waals surface area contributed by atoms with Gasteiger partial charge in [-0.1, -0.05) is 198 Å². The highest BCUT2D eigenvalue weighted by atomic mass is 16.6. The number of carbonyl (C=O) groups is 3. The van der Waals surface area contributed by atoms with E-state index in [1.54, 1.807) is 0 Å².